The van der Waals surface area contributed by atoms with E-state index in [2.05, 4.69) is 5.32 Å². The number of carbonyl (C=O) groups excluding carboxylic acids is 2. The van der Waals surface area contributed by atoms with Crippen LogP contribution in [0.1, 0.15) is 43.7 Å². The molecule has 0 radical (unpaired) electrons. The van der Waals surface area contributed by atoms with Gasteiger partial charge in [-0.05, 0) is 79.4 Å². The van der Waals surface area contributed by atoms with Gasteiger partial charge >= 0.3 is 0 Å². The second-order valence-electron chi connectivity index (χ2n) is 11.7. The lowest BCUT2D eigenvalue weighted by atomic mass is 10.0. The summed E-state index contributed by atoms with van der Waals surface area (Å²) in [6.45, 7) is 1.53. The lowest BCUT2D eigenvalue weighted by Crippen LogP contribution is -2.54. The first-order valence-electron chi connectivity index (χ1n) is 16.0. The smallest absolute Gasteiger partial charge is 0.264 e. The van der Waals surface area contributed by atoms with Crippen molar-refractivity contribution in [1.82, 2.24) is 10.2 Å². The molecule has 1 aliphatic rings. The summed E-state index contributed by atoms with van der Waals surface area (Å²) in [4.78, 5) is 30.3. The number of nitrogens with zero attached hydrogens (tertiary/aromatic N) is 2. The van der Waals surface area contributed by atoms with Crippen LogP contribution in [0.15, 0.2) is 108 Å². The van der Waals surface area contributed by atoms with Gasteiger partial charge in [-0.2, -0.15) is 0 Å². The van der Waals surface area contributed by atoms with E-state index in [1.807, 2.05) is 30.3 Å². The summed E-state index contributed by atoms with van der Waals surface area (Å²) in [7, 11) is -4.31. The number of sulfonamides is 1. The molecule has 0 saturated heterocycles. The second-order valence-corrected chi connectivity index (χ2v) is 14.4. The molecule has 1 N–H and O–H groups in total. The molecule has 252 valence electrons. The molecule has 0 aromatic heterocycles. The van der Waals surface area contributed by atoms with Crippen LogP contribution in [-0.2, 0) is 32.6 Å². The van der Waals surface area contributed by atoms with Gasteiger partial charge in [-0.25, -0.2) is 8.42 Å². The van der Waals surface area contributed by atoms with Crippen LogP contribution in [0.25, 0.3) is 0 Å². The summed E-state index contributed by atoms with van der Waals surface area (Å²) >= 11 is 12.3. The molecule has 0 spiro atoms. The van der Waals surface area contributed by atoms with E-state index in [1.54, 1.807) is 55.5 Å². The Morgan fingerprint density at radius 2 is 1.44 bits per heavy atom. The number of nitrogens with one attached hydrogen (secondary N) is 1. The molecule has 48 heavy (non-hydrogen) atoms. The zero-order valence-corrected chi connectivity index (χ0v) is 29.1. The SMILES string of the molecule is CCOc1ccccc1N(CC(=O)N(Cc1ccc(Cl)cc1)[C@@H](Cc1ccccc1)C(=O)NC1CCCC1)S(=O)(=O)c1ccc(Cl)cc1. The number of amides is 2. The van der Waals surface area contributed by atoms with Gasteiger partial charge in [-0.3, -0.25) is 13.9 Å². The average Bonchev–Trinajstić information content (AvgIpc) is 3.60. The number of para-hydroxylation sites is 2. The molecular weight excluding hydrogens is 669 g/mol. The molecular formula is C37H39Cl2N3O5S. The van der Waals surface area contributed by atoms with Gasteiger partial charge < -0.3 is 15.0 Å². The van der Waals surface area contributed by atoms with Crippen LogP contribution >= 0.6 is 23.2 Å². The molecule has 4 aromatic carbocycles. The fraction of sp³-hybridized carbons (Fsp3) is 0.297. The van der Waals surface area contributed by atoms with Crippen molar-refractivity contribution in [3.05, 3.63) is 124 Å². The van der Waals surface area contributed by atoms with Gasteiger partial charge in [0.05, 0.1) is 17.2 Å². The Hall–Kier alpha value is -4.05. The number of anilines is 1. The van der Waals surface area contributed by atoms with Crippen molar-refractivity contribution in [1.29, 1.82) is 0 Å². The van der Waals surface area contributed by atoms with Crippen LogP contribution < -0.4 is 14.4 Å². The summed E-state index contributed by atoms with van der Waals surface area (Å²) in [5.41, 5.74) is 1.80. The third-order valence-electron chi connectivity index (χ3n) is 8.35. The highest BCUT2D eigenvalue weighted by Crippen LogP contribution is 2.33. The number of carbonyl (C=O) groups is 2. The largest absolute Gasteiger partial charge is 0.492 e. The maximum absolute atomic E-state index is 14.7. The Bertz CT molecular complexity index is 1780. The van der Waals surface area contributed by atoms with E-state index in [0.29, 0.717) is 15.8 Å². The second kappa shape index (κ2) is 16.4. The van der Waals surface area contributed by atoms with E-state index in [0.717, 1.165) is 41.1 Å². The summed E-state index contributed by atoms with van der Waals surface area (Å²) in [5, 5.41) is 4.09. The van der Waals surface area contributed by atoms with E-state index >= 15 is 0 Å². The Balaban J connectivity index is 1.59. The van der Waals surface area contributed by atoms with Crippen molar-refractivity contribution in [2.24, 2.45) is 0 Å². The van der Waals surface area contributed by atoms with Crippen molar-refractivity contribution in [3.63, 3.8) is 0 Å². The van der Waals surface area contributed by atoms with E-state index in [4.69, 9.17) is 27.9 Å². The Morgan fingerprint density at radius 3 is 2.08 bits per heavy atom. The van der Waals surface area contributed by atoms with Crippen molar-refractivity contribution in [2.75, 3.05) is 17.5 Å². The van der Waals surface area contributed by atoms with E-state index in [9.17, 15) is 18.0 Å². The first-order valence-corrected chi connectivity index (χ1v) is 18.2. The molecule has 0 heterocycles. The van der Waals surface area contributed by atoms with E-state index < -0.39 is 28.5 Å². The predicted octanol–water partition coefficient (Wildman–Crippen LogP) is 7.29. The summed E-state index contributed by atoms with van der Waals surface area (Å²) in [6.07, 6.45) is 4.03. The highest BCUT2D eigenvalue weighted by Gasteiger charge is 2.36. The summed E-state index contributed by atoms with van der Waals surface area (Å²) < 4.78 is 35.6. The number of ether oxygens (including phenoxy) is 1. The third kappa shape index (κ3) is 8.89. The maximum Gasteiger partial charge on any atom is 0.264 e. The fourth-order valence-electron chi connectivity index (χ4n) is 5.90. The van der Waals surface area contributed by atoms with Crippen molar-refractivity contribution < 1.29 is 22.7 Å². The van der Waals surface area contributed by atoms with Crippen LogP contribution in [0.2, 0.25) is 10.0 Å². The molecule has 2 amide bonds. The van der Waals surface area contributed by atoms with E-state index in [-0.39, 0.29) is 42.1 Å². The summed E-state index contributed by atoms with van der Waals surface area (Å²) in [6, 6.07) is 28.1. The molecule has 1 saturated carbocycles. The lowest BCUT2D eigenvalue weighted by molar-refractivity contribution is -0.140. The van der Waals surface area contributed by atoms with Crippen LogP contribution in [0.4, 0.5) is 5.69 Å². The Morgan fingerprint density at radius 1 is 0.833 bits per heavy atom. The number of hydrogen-bond donors (Lipinski definition) is 1. The Kier molecular flexibility index (Phi) is 12.0. The maximum atomic E-state index is 14.7. The zero-order chi connectivity index (χ0) is 34.1. The number of rotatable bonds is 14. The van der Waals surface area contributed by atoms with Crippen LogP contribution in [0.3, 0.4) is 0 Å². The Labute approximate surface area is 292 Å². The highest BCUT2D eigenvalue weighted by atomic mass is 35.5. The first-order chi connectivity index (χ1) is 23.2. The van der Waals surface area contributed by atoms with Crippen LogP contribution in [0.5, 0.6) is 5.75 Å². The standard InChI is InChI=1S/C37H39Cl2N3O5S/c1-2-47-35-15-9-8-14-33(35)42(48(45,46)32-22-20-30(39)21-23-32)26-36(43)41(25-28-16-18-29(38)19-17-28)34(24-27-10-4-3-5-11-27)37(44)40-31-12-6-7-13-31/h3-5,8-11,14-23,31,34H,2,6-7,12-13,24-26H2,1H3,(H,40,44)/t34-/m0/s1. The number of benzene rings is 4. The quantitative estimate of drug-likeness (QED) is 0.149. The molecule has 1 fully saturated rings. The van der Waals surface area contributed by atoms with Gasteiger partial charge in [0.2, 0.25) is 11.8 Å². The molecule has 0 aliphatic heterocycles. The monoisotopic (exact) mass is 707 g/mol. The van der Waals surface area contributed by atoms with Gasteiger partial charge in [0.25, 0.3) is 10.0 Å². The normalized spacial score (nSPS) is 13.9. The first kappa shape index (κ1) is 35.3. The third-order valence-corrected chi connectivity index (χ3v) is 10.6. The average molecular weight is 709 g/mol. The van der Waals surface area contributed by atoms with Gasteiger partial charge in [0.1, 0.15) is 18.3 Å². The molecule has 4 aromatic rings. The molecule has 8 nitrogen and oxygen atoms in total. The fourth-order valence-corrected chi connectivity index (χ4v) is 7.57. The lowest BCUT2D eigenvalue weighted by Gasteiger charge is -2.34. The van der Waals surface area contributed by atoms with E-state index in [1.165, 1.54) is 29.2 Å². The number of halogens is 2. The molecule has 5 rings (SSSR count). The van der Waals surface area contributed by atoms with Crippen molar-refractivity contribution in [2.45, 2.75) is 62.6 Å². The number of hydrogen-bond acceptors (Lipinski definition) is 5. The van der Waals surface area contributed by atoms with Gasteiger partial charge in [0.15, 0.2) is 0 Å². The summed E-state index contributed by atoms with van der Waals surface area (Å²) in [5.74, 6) is -0.541. The van der Waals surface area contributed by atoms with Crippen LogP contribution in [-0.4, -0.2) is 50.4 Å². The molecule has 11 heteroatoms. The minimum absolute atomic E-state index is 0.0168. The molecule has 0 unspecified atom stereocenters. The van der Waals surface area contributed by atoms with Crippen molar-refractivity contribution >= 4 is 50.7 Å². The van der Waals surface area contributed by atoms with Crippen LogP contribution in [0, 0.1) is 0 Å². The van der Waals surface area contributed by atoms with Gasteiger partial charge in [-0.1, -0.05) is 90.6 Å². The minimum atomic E-state index is -4.31. The molecule has 1 atom stereocenters. The van der Waals surface area contributed by atoms with Gasteiger partial charge in [0, 0.05) is 29.1 Å². The van der Waals surface area contributed by atoms with Gasteiger partial charge in [-0.15, -0.1) is 0 Å². The predicted molar refractivity (Wildman–Crippen MR) is 190 cm³/mol. The minimum Gasteiger partial charge on any atom is -0.492 e. The van der Waals surface area contributed by atoms with Crippen molar-refractivity contribution in [3.8, 4) is 5.75 Å². The highest BCUT2D eigenvalue weighted by molar-refractivity contribution is 7.92. The topological polar surface area (TPSA) is 96.0 Å². The molecule has 1 aliphatic carbocycles. The zero-order valence-electron chi connectivity index (χ0n) is 26.7. The molecule has 0 bridgehead atoms.